The summed E-state index contributed by atoms with van der Waals surface area (Å²) >= 11 is 3.45. The van der Waals surface area contributed by atoms with Crippen molar-refractivity contribution in [1.82, 2.24) is 4.98 Å². The molecule has 0 unspecified atom stereocenters. The highest BCUT2D eigenvalue weighted by Crippen LogP contribution is 2.32. The van der Waals surface area contributed by atoms with E-state index in [4.69, 9.17) is 9.47 Å². The van der Waals surface area contributed by atoms with Crippen LogP contribution in [0.2, 0.25) is 0 Å². The maximum atomic E-state index is 5.74. The van der Waals surface area contributed by atoms with E-state index in [1.165, 1.54) is 0 Å². The first-order valence-corrected chi connectivity index (χ1v) is 6.74. The summed E-state index contributed by atoms with van der Waals surface area (Å²) in [6.07, 6.45) is 0. The molecule has 5 heteroatoms. The van der Waals surface area contributed by atoms with Gasteiger partial charge in [-0.05, 0) is 47.1 Å². The van der Waals surface area contributed by atoms with Crippen LogP contribution in [0, 0.1) is 0 Å². The van der Waals surface area contributed by atoms with Gasteiger partial charge in [-0.1, -0.05) is 6.07 Å². The minimum Gasteiger partial charge on any atom is -0.497 e. The summed E-state index contributed by atoms with van der Waals surface area (Å²) in [5.74, 6) is 2.81. The van der Waals surface area contributed by atoms with Gasteiger partial charge in [-0.3, -0.25) is 0 Å². The lowest BCUT2D eigenvalue weighted by Gasteiger charge is -2.09. The average Bonchev–Trinajstić information content (AvgIpc) is 2.42. The monoisotopic (exact) mass is 322 g/mol. The van der Waals surface area contributed by atoms with Crippen LogP contribution in [0.15, 0.2) is 40.9 Å². The van der Waals surface area contributed by atoms with Gasteiger partial charge in [0, 0.05) is 12.6 Å². The number of anilines is 1. The van der Waals surface area contributed by atoms with Crippen molar-refractivity contribution >= 4 is 21.7 Å². The number of halogens is 1. The molecule has 1 N–H and O–H groups in total. The summed E-state index contributed by atoms with van der Waals surface area (Å²) < 4.78 is 11.7. The molecule has 1 aromatic carbocycles. The number of aromatic nitrogens is 1. The van der Waals surface area contributed by atoms with Crippen LogP contribution >= 0.6 is 15.9 Å². The predicted octanol–water partition coefficient (Wildman–Crippen LogP) is 4.08. The van der Waals surface area contributed by atoms with E-state index >= 15 is 0 Å². The fourth-order valence-electron chi connectivity index (χ4n) is 1.56. The number of nitrogens with zero attached hydrogens (tertiary/aromatic N) is 1. The van der Waals surface area contributed by atoms with Gasteiger partial charge in [-0.15, -0.1) is 0 Å². The van der Waals surface area contributed by atoms with Crippen molar-refractivity contribution in [3.8, 4) is 17.4 Å². The lowest BCUT2D eigenvalue weighted by molar-refractivity contribution is 0.411. The zero-order valence-corrected chi connectivity index (χ0v) is 12.4. The van der Waals surface area contributed by atoms with Gasteiger partial charge in [0.05, 0.1) is 11.6 Å². The van der Waals surface area contributed by atoms with Crippen molar-refractivity contribution in [2.24, 2.45) is 0 Å². The van der Waals surface area contributed by atoms with E-state index in [1.54, 1.807) is 7.11 Å². The van der Waals surface area contributed by atoms with Crippen molar-refractivity contribution in [2.45, 2.75) is 6.92 Å². The molecule has 0 saturated heterocycles. The molecule has 0 radical (unpaired) electrons. The van der Waals surface area contributed by atoms with Gasteiger partial charge >= 0.3 is 0 Å². The topological polar surface area (TPSA) is 43.4 Å². The van der Waals surface area contributed by atoms with Crippen LogP contribution < -0.4 is 14.8 Å². The van der Waals surface area contributed by atoms with E-state index in [0.29, 0.717) is 11.6 Å². The lowest BCUT2D eigenvalue weighted by atomic mass is 10.3. The Kier molecular flexibility index (Phi) is 4.63. The van der Waals surface area contributed by atoms with Gasteiger partial charge < -0.3 is 14.8 Å². The molecule has 0 spiro atoms. The van der Waals surface area contributed by atoms with Crippen LogP contribution in [0.25, 0.3) is 0 Å². The predicted molar refractivity (Wildman–Crippen MR) is 79.2 cm³/mol. The molecule has 19 heavy (non-hydrogen) atoms. The Labute approximate surface area is 120 Å². The van der Waals surface area contributed by atoms with Crippen LogP contribution in [0.4, 0.5) is 5.82 Å². The maximum Gasteiger partial charge on any atom is 0.221 e. The van der Waals surface area contributed by atoms with Crippen LogP contribution in [0.5, 0.6) is 17.4 Å². The third kappa shape index (κ3) is 3.61. The Bertz CT molecular complexity index is 561. The standard InChI is InChI=1S/C14H15BrN2O2/c1-3-16-13-5-4-6-14(17-13)19-12-8-7-10(18-2)9-11(12)15/h4-9H,3H2,1-2H3,(H,16,17). The number of nitrogens with one attached hydrogen (secondary N) is 1. The average molecular weight is 323 g/mol. The van der Waals surface area contributed by atoms with Crippen LogP contribution in [0.1, 0.15) is 6.92 Å². The van der Waals surface area contributed by atoms with E-state index in [0.717, 1.165) is 22.6 Å². The second-order valence-electron chi connectivity index (χ2n) is 3.79. The summed E-state index contributed by atoms with van der Waals surface area (Å²) in [5, 5.41) is 3.14. The van der Waals surface area contributed by atoms with Crippen molar-refractivity contribution in [3.63, 3.8) is 0 Å². The molecule has 0 saturated carbocycles. The Morgan fingerprint density at radius 3 is 2.79 bits per heavy atom. The second kappa shape index (κ2) is 6.43. The summed E-state index contributed by atoms with van der Waals surface area (Å²) in [6.45, 7) is 2.85. The molecular formula is C14H15BrN2O2. The highest BCUT2D eigenvalue weighted by molar-refractivity contribution is 9.10. The number of rotatable bonds is 5. The molecule has 0 fully saturated rings. The summed E-state index contributed by atoms with van der Waals surface area (Å²) in [5.41, 5.74) is 0. The molecule has 2 rings (SSSR count). The smallest absolute Gasteiger partial charge is 0.221 e. The van der Waals surface area contributed by atoms with Gasteiger partial charge in [-0.2, -0.15) is 4.98 Å². The lowest BCUT2D eigenvalue weighted by Crippen LogP contribution is -1.99. The highest BCUT2D eigenvalue weighted by atomic mass is 79.9. The van der Waals surface area contributed by atoms with Crippen molar-refractivity contribution in [1.29, 1.82) is 0 Å². The molecule has 0 aliphatic rings. The summed E-state index contributed by atoms with van der Waals surface area (Å²) in [7, 11) is 1.63. The third-order valence-electron chi connectivity index (χ3n) is 2.44. The van der Waals surface area contributed by atoms with Gasteiger partial charge in [0.25, 0.3) is 0 Å². The van der Waals surface area contributed by atoms with Crippen LogP contribution in [-0.4, -0.2) is 18.6 Å². The number of hydrogen-bond donors (Lipinski definition) is 1. The number of ether oxygens (including phenoxy) is 2. The van der Waals surface area contributed by atoms with Gasteiger partial charge in [0.15, 0.2) is 0 Å². The summed E-state index contributed by atoms with van der Waals surface area (Å²) in [6, 6.07) is 11.1. The zero-order valence-electron chi connectivity index (χ0n) is 10.8. The molecule has 0 amide bonds. The molecule has 100 valence electrons. The van der Waals surface area contributed by atoms with Crippen LogP contribution in [0.3, 0.4) is 0 Å². The molecule has 0 bridgehead atoms. The molecule has 1 heterocycles. The van der Waals surface area contributed by atoms with Crippen molar-refractivity contribution in [3.05, 3.63) is 40.9 Å². The minimum atomic E-state index is 0.546. The molecule has 0 atom stereocenters. The minimum absolute atomic E-state index is 0.546. The molecule has 2 aromatic rings. The fourth-order valence-corrected chi connectivity index (χ4v) is 1.99. The van der Waals surface area contributed by atoms with Crippen LogP contribution in [-0.2, 0) is 0 Å². The number of pyridine rings is 1. The van der Waals surface area contributed by atoms with E-state index in [9.17, 15) is 0 Å². The first-order valence-electron chi connectivity index (χ1n) is 5.95. The van der Waals surface area contributed by atoms with Crippen molar-refractivity contribution < 1.29 is 9.47 Å². The van der Waals surface area contributed by atoms with E-state index in [1.807, 2.05) is 43.3 Å². The third-order valence-corrected chi connectivity index (χ3v) is 3.05. The molecule has 0 aliphatic carbocycles. The SMILES string of the molecule is CCNc1cccc(Oc2ccc(OC)cc2Br)n1. The van der Waals surface area contributed by atoms with Gasteiger partial charge in [0.2, 0.25) is 5.88 Å². The van der Waals surface area contributed by atoms with E-state index in [2.05, 4.69) is 26.2 Å². The maximum absolute atomic E-state index is 5.74. The zero-order chi connectivity index (χ0) is 13.7. The normalized spacial score (nSPS) is 10.1. The molecule has 1 aromatic heterocycles. The van der Waals surface area contributed by atoms with E-state index < -0.39 is 0 Å². The quantitative estimate of drug-likeness (QED) is 0.900. The first kappa shape index (κ1) is 13.7. The Morgan fingerprint density at radius 1 is 1.26 bits per heavy atom. The number of methoxy groups -OCH3 is 1. The fraction of sp³-hybridized carbons (Fsp3) is 0.214. The van der Waals surface area contributed by atoms with Crippen molar-refractivity contribution in [2.75, 3.05) is 19.0 Å². The molecular weight excluding hydrogens is 308 g/mol. The highest BCUT2D eigenvalue weighted by Gasteiger charge is 2.05. The Balaban J connectivity index is 2.18. The largest absolute Gasteiger partial charge is 0.497 e. The molecule has 4 nitrogen and oxygen atoms in total. The second-order valence-corrected chi connectivity index (χ2v) is 4.64. The number of benzene rings is 1. The Morgan fingerprint density at radius 2 is 2.11 bits per heavy atom. The Hall–Kier alpha value is -1.75. The molecule has 0 aliphatic heterocycles. The summed E-state index contributed by atoms with van der Waals surface area (Å²) in [4.78, 5) is 4.36. The van der Waals surface area contributed by atoms with Gasteiger partial charge in [-0.25, -0.2) is 0 Å². The first-order chi connectivity index (χ1) is 9.22. The van der Waals surface area contributed by atoms with Gasteiger partial charge in [0.1, 0.15) is 17.3 Å². The number of hydrogen-bond acceptors (Lipinski definition) is 4. The van der Waals surface area contributed by atoms with E-state index in [-0.39, 0.29) is 0 Å².